The van der Waals surface area contributed by atoms with Gasteiger partial charge in [-0.15, -0.1) is 0 Å². The van der Waals surface area contributed by atoms with Gasteiger partial charge in [0.05, 0.1) is 0 Å². The standard InChI is InChI=1S/C12H8ClN3O2/c13-8-4-2-1-3-7(8)9-10(17)15-12-14-5-6-16(12)11(9)18/h1-6,18H,(H,14,15,17). The average Bonchev–Trinajstić information content (AvgIpc) is 2.79. The van der Waals surface area contributed by atoms with Crippen molar-refractivity contribution in [3.63, 3.8) is 0 Å². The van der Waals surface area contributed by atoms with Crippen LogP contribution in [0.5, 0.6) is 5.88 Å². The Kier molecular flexibility index (Phi) is 2.34. The van der Waals surface area contributed by atoms with Gasteiger partial charge in [-0.3, -0.25) is 14.2 Å². The van der Waals surface area contributed by atoms with Crippen LogP contribution >= 0.6 is 11.6 Å². The summed E-state index contributed by atoms with van der Waals surface area (Å²) >= 11 is 6.04. The molecule has 2 N–H and O–H groups in total. The quantitative estimate of drug-likeness (QED) is 0.704. The van der Waals surface area contributed by atoms with Gasteiger partial charge in [0.1, 0.15) is 5.56 Å². The number of aromatic amines is 1. The summed E-state index contributed by atoms with van der Waals surface area (Å²) in [5.41, 5.74) is 0.180. The van der Waals surface area contributed by atoms with Crippen LogP contribution in [0.2, 0.25) is 5.02 Å². The number of rotatable bonds is 1. The molecule has 5 nitrogen and oxygen atoms in total. The van der Waals surface area contributed by atoms with Gasteiger partial charge < -0.3 is 5.11 Å². The first-order valence-electron chi connectivity index (χ1n) is 5.21. The van der Waals surface area contributed by atoms with E-state index < -0.39 is 5.56 Å². The summed E-state index contributed by atoms with van der Waals surface area (Å²) in [6.45, 7) is 0. The summed E-state index contributed by atoms with van der Waals surface area (Å²) < 4.78 is 1.39. The maximum Gasteiger partial charge on any atom is 0.264 e. The molecule has 2 heterocycles. The van der Waals surface area contributed by atoms with Crippen molar-refractivity contribution in [2.75, 3.05) is 0 Å². The van der Waals surface area contributed by atoms with E-state index in [1.54, 1.807) is 30.5 Å². The molecule has 3 rings (SSSR count). The van der Waals surface area contributed by atoms with Crippen LogP contribution < -0.4 is 5.56 Å². The monoisotopic (exact) mass is 261 g/mol. The molecule has 0 bridgehead atoms. The Morgan fingerprint density at radius 3 is 2.89 bits per heavy atom. The first kappa shape index (κ1) is 10.9. The molecule has 0 radical (unpaired) electrons. The fourth-order valence-corrected chi connectivity index (χ4v) is 2.09. The van der Waals surface area contributed by atoms with E-state index in [0.717, 1.165) is 0 Å². The normalized spacial score (nSPS) is 10.9. The number of benzene rings is 1. The third-order valence-corrected chi connectivity index (χ3v) is 3.02. The van der Waals surface area contributed by atoms with Gasteiger partial charge in [0.25, 0.3) is 5.56 Å². The Morgan fingerprint density at radius 2 is 2.11 bits per heavy atom. The predicted octanol–water partition coefficient (Wildman–Crippen LogP) is 2.05. The van der Waals surface area contributed by atoms with Crippen LogP contribution in [-0.4, -0.2) is 19.5 Å². The van der Waals surface area contributed by atoms with E-state index in [1.807, 2.05) is 0 Å². The SMILES string of the molecule is O=c1[nH]c2nccn2c(O)c1-c1ccccc1Cl. The number of hydrogen-bond donors (Lipinski definition) is 2. The van der Waals surface area contributed by atoms with Gasteiger partial charge in [-0.05, 0) is 6.07 Å². The van der Waals surface area contributed by atoms with Crippen molar-refractivity contribution in [2.45, 2.75) is 0 Å². The Labute approximate surface area is 106 Å². The maximum absolute atomic E-state index is 12.0. The molecule has 0 atom stereocenters. The van der Waals surface area contributed by atoms with Gasteiger partial charge in [-0.25, -0.2) is 4.98 Å². The van der Waals surface area contributed by atoms with Gasteiger partial charge in [0.2, 0.25) is 11.7 Å². The second-order valence-electron chi connectivity index (χ2n) is 3.75. The number of aromatic nitrogens is 3. The molecule has 0 aliphatic heterocycles. The summed E-state index contributed by atoms with van der Waals surface area (Å²) in [4.78, 5) is 18.5. The Hall–Kier alpha value is -2.27. The molecule has 1 aromatic carbocycles. The molecular weight excluding hydrogens is 254 g/mol. The Morgan fingerprint density at radius 1 is 1.33 bits per heavy atom. The van der Waals surface area contributed by atoms with Gasteiger partial charge in [-0.2, -0.15) is 0 Å². The van der Waals surface area contributed by atoms with E-state index in [-0.39, 0.29) is 17.2 Å². The molecule has 0 spiro atoms. The molecule has 18 heavy (non-hydrogen) atoms. The topological polar surface area (TPSA) is 70.4 Å². The van der Waals surface area contributed by atoms with Crippen LogP contribution in [0, 0.1) is 0 Å². The van der Waals surface area contributed by atoms with E-state index in [9.17, 15) is 9.90 Å². The molecule has 3 aromatic rings. The molecule has 2 aromatic heterocycles. The smallest absolute Gasteiger partial charge is 0.264 e. The molecule has 90 valence electrons. The number of H-pyrrole nitrogens is 1. The highest BCUT2D eigenvalue weighted by Crippen LogP contribution is 2.30. The summed E-state index contributed by atoms with van der Waals surface area (Å²) in [7, 11) is 0. The molecule has 0 unspecified atom stereocenters. The van der Waals surface area contributed by atoms with Crippen LogP contribution in [0.25, 0.3) is 16.9 Å². The summed E-state index contributed by atoms with van der Waals surface area (Å²) in [5.74, 6) is 0.104. The van der Waals surface area contributed by atoms with E-state index in [4.69, 9.17) is 11.6 Å². The fourth-order valence-electron chi connectivity index (χ4n) is 1.86. The minimum absolute atomic E-state index is 0.131. The van der Waals surface area contributed by atoms with Gasteiger partial charge in [-0.1, -0.05) is 29.8 Å². The van der Waals surface area contributed by atoms with Crippen molar-refractivity contribution in [3.8, 4) is 17.0 Å². The zero-order chi connectivity index (χ0) is 12.7. The second-order valence-corrected chi connectivity index (χ2v) is 4.16. The number of imidazole rings is 1. The summed E-state index contributed by atoms with van der Waals surface area (Å²) in [6.07, 6.45) is 3.04. The molecule has 6 heteroatoms. The maximum atomic E-state index is 12.0. The minimum Gasteiger partial charge on any atom is -0.494 e. The van der Waals surface area contributed by atoms with Crippen LogP contribution in [0.3, 0.4) is 0 Å². The van der Waals surface area contributed by atoms with Crippen molar-refractivity contribution >= 4 is 17.4 Å². The van der Waals surface area contributed by atoms with E-state index in [0.29, 0.717) is 10.6 Å². The molecule has 0 saturated heterocycles. The lowest BCUT2D eigenvalue weighted by Crippen LogP contribution is -2.12. The third kappa shape index (κ3) is 1.48. The lowest BCUT2D eigenvalue weighted by Gasteiger charge is -2.07. The Balaban J connectivity index is 2.43. The number of fused-ring (bicyclic) bond motifs is 1. The summed E-state index contributed by atoms with van der Waals surface area (Å²) in [5, 5.41) is 10.5. The largest absolute Gasteiger partial charge is 0.494 e. The minimum atomic E-state index is -0.431. The Bertz CT molecular complexity index is 791. The number of nitrogens with zero attached hydrogens (tertiary/aromatic N) is 2. The molecule has 0 aliphatic carbocycles. The number of nitrogens with one attached hydrogen (secondary N) is 1. The van der Waals surface area contributed by atoms with Crippen LogP contribution in [0.15, 0.2) is 41.5 Å². The van der Waals surface area contributed by atoms with Crippen molar-refractivity contribution in [1.29, 1.82) is 0 Å². The number of halogens is 1. The van der Waals surface area contributed by atoms with E-state index in [1.165, 1.54) is 10.6 Å². The fraction of sp³-hybridized carbons (Fsp3) is 0. The van der Waals surface area contributed by atoms with Crippen LogP contribution in [-0.2, 0) is 0 Å². The van der Waals surface area contributed by atoms with E-state index >= 15 is 0 Å². The van der Waals surface area contributed by atoms with Gasteiger partial charge in [0.15, 0.2) is 0 Å². The van der Waals surface area contributed by atoms with Crippen molar-refractivity contribution in [2.24, 2.45) is 0 Å². The van der Waals surface area contributed by atoms with Crippen molar-refractivity contribution < 1.29 is 5.11 Å². The third-order valence-electron chi connectivity index (χ3n) is 2.69. The second kappa shape index (κ2) is 3.89. The lowest BCUT2D eigenvalue weighted by atomic mass is 10.1. The average molecular weight is 262 g/mol. The zero-order valence-electron chi connectivity index (χ0n) is 9.09. The van der Waals surface area contributed by atoms with Crippen LogP contribution in [0.4, 0.5) is 0 Å². The number of hydrogen-bond acceptors (Lipinski definition) is 3. The number of aromatic hydroxyl groups is 1. The summed E-state index contributed by atoms with van der Waals surface area (Å²) in [6, 6.07) is 6.84. The van der Waals surface area contributed by atoms with E-state index in [2.05, 4.69) is 9.97 Å². The first-order chi connectivity index (χ1) is 8.68. The van der Waals surface area contributed by atoms with Gasteiger partial charge >= 0.3 is 0 Å². The molecule has 0 aliphatic rings. The molecular formula is C12H8ClN3O2. The highest BCUT2D eigenvalue weighted by Gasteiger charge is 2.16. The van der Waals surface area contributed by atoms with Crippen molar-refractivity contribution in [1.82, 2.24) is 14.4 Å². The predicted molar refractivity (Wildman–Crippen MR) is 67.9 cm³/mol. The highest BCUT2D eigenvalue weighted by molar-refractivity contribution is 6.33. The van der Waals surface area contributed by atoms with Gasteiger partial charge in [0, 0.05) is 23.0 Å². The molecule has 0 amide bonds. The highest BCUT2D eigenvalue weighted by atomic mass is 35.5. The van der Waals surface area contributed by atoms with Crippen molar-refractivity contribution in [3.05, 3.63) is 52.0 Å². The molecule has 0 saturated carbocycles. The molecule has 0 fully saturated rings. The first-order valence-corrected chi connectivity index (χ1v) is 5.59. The zero-order valence-corrected chi connectivity index (χ0v) is 9.85. The lowest BCUT2D eigenvalue weighted by molar-refractivity contribution is 0.446. The van der Waals surface area contributed by atoms with Crippen LogP contribution in [0.1, 0.15) is 0 Å².